The van der Waals surface area contributed by atoms with Gasteiger partial charge in [0.2, 0.25) is 5.91 Å². The molecule has 1 aromatic rings. The molecule has 3 rings (SSSR count). The van der Waals surface area contributed by atoms with Crippen molar-refractivity contribution in [1.82, 2.24) is 10.2 Å². The zero-order valence-electron chi connectivity index (χ0n) is 13.0. The van der Waals surface area contributed by atoms with Gasteiger partial charge in [0.05, 0.1) is 29.7 Å². The van der Waals surface area contributed by atoms with E-state index in [4.69, 9.17) is 28.3 Å². The highest BCUT2D eigenvalue weighted by Crippen LogP contribution is 2.41. The third-order valence-corrected chi connectivity index (χ3v) is 5.58. The Morgan fingerprint density at radius 1 is 1.38 bits per heavy atom. The van der Waals surface area contributed by atoms with E-state index in [9.17, 15) is 15.0 Å². The van der Waals surface area contributed by atoms with Crippen LogP contribution in [0.1, 0.15) is 24.4 Å². The monoisotopic (exact) mass is 374 g/mol. The van der Waals surface area contributed by atoms with Crippen molar-refractivity contribution in [3.8, 4) is 5.75 Å². The molecule has 2 saturated heterocycles. The van der Waals surface area contributed by atoms with Gasteiger partial charge in [-0.05, 0) is 31.0 Å². The van der Waals surface area contributed by atoms with Crippen molar-refractivity contribution in [1.29, 1.82) is 0 Å². The van der Waals surface area contributed by atoms with Gasteiger partial charge in [-0.1, -0.05) is 23.2 Å². The number of hydrogen-bond donors (Lipinski definition) is 4. The van der Waals surface area contributed by atoms with Crippen molar-refractivity contribution in [2.45, 2.75) is 24.5 Å². The molecule has 2 heterocycles. The third kappa shape index (κ3) is 3.34. The van der Waals surface area contributed by atoms with Gasteiger partial charge in [-0.3, -0.25) is 4.79 Å². The fraction of sp³-hybridized carbons (Fsp3) is 0.562. The van der Waals surface area contributed by atoms with Crippen LogP contribution in [0.2, 0.25) is 10.0 Å². The Balaban J connectivity index is 1.59. The van der Waals surface area contributed by atoms with Crippen molar-refractivity contribution in [3.63, 3.8) is 0 Å². The predicted octanol–water partition coefficient (Wildman–Crippen LogP) is 1.31. The summed E-state index contributed by atoms with van der Waals surface area (Å²) in [5, 5.41) is 32.8. The summed E-state index contributed by atoms with van der Waals surface area (Å²) in [5.74, 6) is 0.159. The number of likely N-dealkylation sites (tertiary alicyclic amines) is 1. The molecule has 0 aromatic heterocycles. The molecule has 0 saturated carbocycles. The van der Waals surface area contributed by atoms with Crippen molar-refractivity contribution in [2.75, 3.05) is 26.2 Å². The zero-order chi connectivity index (χ0) is 17.5. The average Bonchev–Trinajstić information content (AvgIpc) is 2.96. The Bertz CT molecular complexity index is 649. The summed E-state index contributed by atoms with van der Waals surface area (Å²) in [7, 11) is 0. The first kappa shape index (κ1) is 17.8. The number of nitrogens with zero attached hydrogens (tertiary/aromatic N) is 1. The highest BCUT2D eigenvalue weighted by Gasteiger charge is 2.43. The number of halogens is 2. The fourth-order valence-electron chi connectivity index (χ4n) is 3.39. The summed E-state index contributed by atoms with van der Waals surface area (Å²) in [6, 6.07) is 2.91. The molecule has 4 N–H and O–H groups in total. The van der Waals surface area contributed by atoms with Gasteiger partial charge in [-0.15, -0.1) is 0 Å². The molecule has 2 aliphatic heterocycles. The van der Waals surface area contributed by atoms with Crippen LogP contribution in [0.25, 0.3) is 0 Å². The smallest absolute Gasteiger partial charge is 0.223 e. The van der Waals surface area contributed by atoms with Crippen LogP contribution < -0.4 is 5.32 Å². The van der Waals surface area contributed by atoms with Gasteiger partial charge in [0.25, 0.3) is 0 Å². The molecular weight excluding hydrogens is 355 g/mol. The van der Waals surface area contributed by atoms with E-state index in [-0.39, 0.29) is 43.3 Å². The number of β-amino-alcohol motifs (C(OH)–C–C–N with tert-alkyl or cyclic N) is 1. The van der Waals surface area contributed by atoms with Gasteiger partial charge in [0.15, 0.2) is 0 Å². The van der Waals surface area contributed by atoms with Crippen molar-refractivity contribution < 1.29 is 20.1 Å². The number of aromatic hydroxyl groups is 1. The summed E-state index contributed by atoms with van der Waals surface area (Å²) in [4.78, 5) is 13.8. The number of phenolic OH excluding ortho intramolecular Hbond substituents is 1. The molecule has 6 nitrogen and oxygen atoms in total. The molecule has 0 aliphatic carbocycles. The normalized spacial score (nSPS) is 25.6. The van der Waals surface area contributed by atoms with E-state index in [1.807, 2.05) is 0 Å². The van der Waals surface area contributed by atoms with Gasteiger partial charge >= 0.3 is 0 Å². The average molecular weight is 375 g/mol. The van der Waals surface area contributed by atoms with Crippen LogP contribution in [-0.2, 0) is 4.79 Å². The Labute approximate surface area is 150 Å². The first-order valence-corrected chi connectivity index (χ1v) is 8.60. The molecule has 0 radical (unpaired) electrons. The molecule has 0 unspecified atom stereocenters. The van der Waals surface area contributed by atoms with E-state index in [2.05, 4.69) is 5.32 Å². The van der Waals surface area contributed by atoms with Crippen LogP contribution in [0.5, 0.6) is 5.75 Å². The highest BCUT2D eigenvalue weighted by molar-refractivity contribution is 6.42. The number of aliphatic hydroxyl groups excluding tert-OH is 1. The molecule has 0 spiro atoms. The Hall–Kier alpha value is -1.05. The summed E-state index contributed by atoms with van der Waals surface area (Å²) in [5.41, 5.74) is -0.579. The topological polar surface area (TPSA) is 93.0 Å². The van der Waals surface area contributed by atoms with E-state index in [0.717, 1.165) is 0 Å². The molecule has 0 bridgehead atoms. The van der Waals surface area contributed by atoms with Gasteiger partial charge in [0, 0.05) is 18.0 Å². The summed E-state index contributed by atoms with van der Waals surface area (Å²) in [6.07, 6.45) is 1.02. The fourth-order valence-corrected chi connectivity index (χ4v) is 3.84. The molecule has 2 atom stereocenters. The maximum atomic E-state index is 12.2. The Kier molecular flexibility index (Phi) is 4.95. The van der Waals surface area contributed by atoms with Gasteiger partial charge < -0.3 is 25.5 Å². The lowest BCUT2D eigenvalue weighted by Crippen LogP contribution is -2.65. The van der Waals surface area contributed by atoms with Crippen LogP contribution in [-0.4, -0.2) is 58.0 Å². The molecule has 2 aliphatic rings. The van der Waals surface area contributed by atoms with Gasteiger partial charge in [0.1, 0.15) is 11.4 Å². The number of amides is 1. The van der Waals surface area contributed by atoms with Gasteiger partial charge in [-0.2, -0.15) is 0 Å². The second kappa shape index (κ2) is 6.69. The first-order chi connectivity index (χ1) is 11.3. The molecule has 132 valence electrons. The van der Waals surface area contributed by atoms with Crippen LogP contribution in [0.4, 0.5) is 0 Å². The number of hydrogen-bond acceptors (Lipinski definition) is 5. The van der Waals surface area contributed by atoms with E-state index in [1.54, 1.807) is 11.0 Å². The number of carbonyl (C=O) groups excluding carboxylic acids is 1. The number of nitrogens with one attached hydrogen (secondary N) is 1. The summed E-state index contributed by atoms with van der Waals surface area (Å²) >= 11 is 12.2. The van der Waals surface area contributed by atoms with Crippen LogP contribution in [0, 0.1) is 5.92 Å². The van der Waals surface area contributed by atoms with Crippen LogP contribution in [0.3, 0.4) is 0 Å². The molecular formula is C16H20Cl2N2O4. The van der Waals surface area contributed by atoms with E-state index in [1.165, 1.54) is 6.07 Å². The highest BCUT2D eigenvalue weighted by atomic mass is 35.5. The largest absolute Gasteiger partial charge is 0.508 e. The van der Waals surface area contributed by atoms with Crippen molar-refractivity contribution >= 4 is 29.1 Å². The number of aliphatic hydroxyl groups is 2. The molecule has 24 heavy (non-hydrogen) atoms. The standard InChI is InChI=1S/C16H20Cl2N2O4/c17-10-1-2-12(22)14(15(10)18)11-3-9(5-19-11)4-13(23)20-6-16(24,7-20)8-21/h1-2,9,11,19,21-22,24H,3-8H2/t9-,11+/m0/s1. The lowest BCUT2D eigenvalue weighted by molar-refractivity contribution is -0.163. The number of rotatable bonds is 4. The minimum atomic E-state index is -1.15. The van der Waals surface area contributed by atoms with Crippen LogP contribution in [0.15, 0.2) is 12.1 Å². The maximum absolute atomic E-state index is 12.2. The zero-order valence-corrected chi connectivity index (χ0v) is 14.5. The summed E-state index contributed by atoms with van der Waals surface area (Å²) < 4.78 is 0. The predicted molar refractivity (Wildman–Crippen MR) is 90.2 cm³/mol. The summed E-state index contributed by atoms with van der Waals surface area (Å²) in [6.45, 7) is 0.646. The van der Waals surface area contributed by atoms with Crippen molar-refractivity contribution in [2.24, 2.45) is 5.92 Å². The molecule has 1 aromatic carbocycles. The van der Waals surface area contributed by atoms with E-state index in [0.29, 0.717) is 35.0 Å². The van der Waals surface area contributed by atoms with Crippen LogP contribution >= 0.6 is 23.2 Å². The maximum Gasteiger partial charge on any atom is 0.223 e. The van der Waals surface area contributed by atoms with Gasteiger partial charge in [-0.25, -0.2) is 0 Å². The number of benzene rings is 1. The van der Waals surface area contributed by atoms with E-state index >= 15 is 0 Å². The third-order valence-electron chi connectivity index (χ3n) is 4.76. The minimum Gasteiger partial charge on any atom is -0.508 e. The second-order valence-corrected chi connectivity index (χ2v) is 7.48. The number of phenols is 1. The minimum absolute atomic E-state index is 0.0398. The second-order valence-electron chi connectivity index (χ2n) is 6.69. The molecule has 8 heteroatoms. The first-order valence-electron chi connectivity index (χ1n) is 7.84. The SMILES string of the molecule is O=C(C[C@H]1CN[C@@H](c2c(O)ccc(Cl)c2Cl)C1)N1CC(O)(CO)C1. The molecule has 2 fully saturated rings. The Morgan fingerprint density at radius 3 is 2.75 bits per heavy atom. The lowest BCUT2D eigenvalue weighted by Gasteiger charge is -2.45. The Morgan fingerprint density at radius 2 is 2.08 bits per heavy atom. The van der Waals surface area contributed by atoms with E-state index < -0.39 is 5.60 Å². The molecule has 1 amide bonds. The number of carbonyl (C=O) groups is 1. The lowest BCUT2D eigenvalue weighted by atomic mass is 9.92. The van der Waals surface area contributed by atoms with Crippen molar-refractivity contribution in [3.05, 3.63) is 27.7 Å². The quantitative estimate of drug-likeness (QED) is 0.637.